The molecule has 0 unspecified atom stereocenters. The van der Waals surface area contributed by atoms with Crippen LogP contribution >= 0.6 is 11.3 Å². The Hall–Kier alpha value is -6.94. The Balaban J connectivity index is 1.06. The second-order valence-electron chi connectivity index (χ2n) is 15.8. The Kier molecular flexibility index (Phi) is 5.97. The zero-order chi connectivity index (χ0) is 37.6. The van der Waals surface area contributed by atoms with Crippen molar-refractivity contribution in [1.82, 2.24) is 0 Å². The van der Waals surface area contributed by atoms with Gasteiger partial charge in [-0.3, -0.25) is 0 Å². The van der Waals surface area contributed by atoms with Crippen molar-refractivity contribution in [2.75, 3.05) is 11.5 Å². The van der Waals surface area contributed by atoms with Gasteiger partial charge in [-0.15, -0.1) is 11.3 Å². The van der Waals surface area contributed by atoms with Crippen LogP contribution in [-0.4, -0.2) is 0 Å². The molecule has 3 heteroatoms. The predicted molar refractivity (Wildman–Crippen MR) is 237 cm³/mol. The van der Waals surface area contributed by atoms with Crippen LogP contribution in [0.15, 0.2) is 182 Å². The topological polar surface area (TPSA) is 52.0 Å². The molecule has 0 radical (unpaired) electrons. The summed E-state index contributed by atoms with van der Waals surface area (Å²) < 4.78 is 0. The van der Waals surface area contributed by atoms with E-state index in [4.69, 9.17) is 11.5 Å². The fourth-order valence-electron chi connectivity index (χ4n) is 11.5. The van der Waals surface area contributed by atoms with Gasteiger partial charge in [-0.1, -0.05) is 182 Å². The van der Waals surface area contributed by atoms with Crippen LogP contribution < -0.4 is 11.5 Å². The van der Waals surface area contributed by atoms with Crippen molar-refractivity contribution < 1.29 is 0 Å². The third-order valence-electron chi connectivity index (χ3n) is 13.5. The molecular formula is C54H34N2S. The number of benzene rings is 8. The minimum absolute atomic E-state index is 0.429. The van der Waals surface area contributed by atoms with E-state index in [2.05, 4.69) is 182 Å². The standard InChI is InChI=1S/C54H34N2S/c55-49-50(56)52(38-22-14-30-46-48(38)36-20-6-12-28-44(36)54(46)41-25-9-3-17-33(41)34-18-4-10-26-42(34)54)57-51(49)37-21-13-29-45-47(37)35-19-5-11-27-43(35)53(45)39-23-7-1-15-31(39)32-16-2-8-24-40(32)53/h1-30H,55-56H2. The van der Waals surface area contributed by atoms with Gasteiger partial charge >= 0.3 is 0 Å². The quantitative estimate of drug-likeness (QED) is 0.185. The van der Waals surface area contributed by atoms with E-state index in [9.17, 15) is 0 Å². The maximum atomic E-state index is 7.25. The van der Waals surface area contributed by atoms with Gasteiger partial charge in [0.2, 0.25) is 0 Å². The number of rotatable bonds is 2. The van der Waals surface area contributed by atoms with Gasteiger partial charge in [0, 0.05) is 11.1 Å². The number of hydrogen-bond donors (Lipinski definition) is 2. The predicted octanol–water partition coefficient (Wildman–Crippen LogP) is 12.9. The van der Waals surface area contributed by atoms with Gasteiger partial charge in [0.15, 0.2) is 0 Å². The summed E-state index contributed by atoms with van der Waals surface area (Å²) in [5.41, 5.74) is 37.9. The van der Waals surface area contributed by atoms with Gasteiger partial charge in [-0.05, 0) is 89.0 Å². The summed E-state index contributed by atoms with van der Waals surface area (Å²) in [6, 6.07) is 67.4. The highest BCUT2D eigenvalue weighted by atomic mass is 32.1. The van der Waals surface area contributed by atoms with Crippen LogP contribution in [0.2, 0.25) is 0 Å². The third kappa shape index (κ3) is 3.55. The number of anilines is 2. The second kappa shape index (κ2) is 10.9. The molecule has 13 rings (SSSR count). The van der Waals surface area contributed by atoms with Gasteiger partial charge in [0.25, 0.3) is 0 Å². The molecule has 0 amide bonds. The molecule has 57 heavy (non-hydrogen) atoms. The molecule has 1 heterocycles. The van der Waals surface area contributed by atoms with Gasteiger partial charge in [-0.2, -0.15) is 0 Å². The molecule has 1 aromatic heterocycles. The van der Waals surface area contributed by atoms with E-state index >= 15 is 0 Å². The van der Waals surface area contributed by atoms with Crippen molar-refractivity contribution in [3.8, 4) is 65.4 Å². The minimum atomic E-state index is -0.429. The van der Waals surface area contributed by atoms with Gasteiger partial charge in [0.1, 0.15) is 0 Å². The average molecular weight is 743 g/mol. The lowest BCUT2D eigenvalue weighted by Crippen LogP contribution is -2.25. The molecule has 0 saturated carbocycles. The highest BCUT2D eigenvalue weighted by Gasteiger charge is 2.53. The zero-order valence-electron chi connectivity index (χ0n) is 30.9. The van der Waals surface area contributed by atoms with Gasteiger partial charge in [0.05, 0.1) is 32.0 Å². The first-order valence-corrected chi connectivity index (χ1v) is 20.5. The first-order chi connectivity index (χ1) is 28.1. The average Bonchev–Trinajstić information content (AvgIpc) is 4.02. The Bertz CT molecular complexity index is 2930. The molecule has 0 atom stereocenters. The summed E-state index contributed by atoms with van der Waals surface area (Å²) in [7, 11) is 0. The molecule has 9 aromatic rings. The fraction of sp³-hybridized carbons (Fsp3) is 0.0370. The van der Waals surface area contributed by atoms with Crippen LogP contribution in [0.4, 0.5) is 11.4 Å². The first kappa shape index (κ1) is 31.3. The van der Waals surface area contributed by atoms with E-state index in [1.165, 1.54) is 89.0 Å². The lowest BCUT2D eigenvalue weighted by molar-refractivity contribution is 0.794. The van der Waals surface area contributed by atoms with Crippen LogP contribution in [0, 0.1) is 0 Å². The third-order valence-corrected chi connectivity index (χ3v) is 14.8. The zero-order valence-corrected chi connectivity index (χ0v) is 31.7. The van der Waals surface area contributed by atoms with Gasteiger partial charge < -0.3 is 11.5 Å². The lowest BCUT2D eigenvalue weighted by Gasteiger charge is -2.30. The van der Waals surface area contributed by atoms with Crippen LogP contribution in [0.25, 0.3) is 65.4 Å². The fourth-order valence-corrected chi connectivity index (χ4v) is 12.7. The minimum Gasteiger partial charge on any atom is -0.396 e. The monoisotopic (exact) mass is 742 g/mol. The Morgan fingerprint density at radius 2 is 0.509 bits per heavy atom. The summed E-state index contributed by atoms with van der Waals surface area (Å²) in [5.74, 6) is 0. The molecular weight excluding hydrogens is 709 g/mol. The molecule has 4 N–H and O–H groups in total. The number of thiophene rings is 1. The molecule has 0 fully saturated rings. The van der Waals surface area contributed by atoms with E-state index < -0.39 is 10.8 Å². The van der Waals surface area contributed by atoms with E-state index in [-0.39, 0.29) is 0 Å². The largest absolute Gasteiger partial charge is 0.396 e. The first-order valence-electron chi connectivity index (χ1n) is 19.7. The van der Waals surface area contributed by atoms with Crippen molar-refractivity contribution in [2.24, 2.45) is 0 Å². The molecule has 266 valence electrons. The van der Waals surface area contributed by atoms with Crippen LogP contribution in [0.3, 0.4) is 0 Å². The summed E-state index contributed by atoms with van der Waals surface area (Å²) in [6.07, 6.45) is 0. The Morgan fingerprint density at radius 3 is 0.842 bits per heavy atom. The molecule has 0 aliphatic heterocycles. The van der Waals surface area contributed by atoms with E-state index in [1.807, 2.05) is 0 Å². The summed E-state index contributed by atoms with van der Waals surface area (Å²) in [4.78, 5) is 2.03. The van der Waals surface area contributed by atoms with Crippen LogP contribution in [0.1, 0.15) is 44.5 Å². The Labute approximate surface area is 335 Å². The van der Waals surface area contributed by atoms with Crippen molar-refractivity contribution in [1.29, 1.82) is 0 Å². The summed E-state index contributed by atoms with van der Waals surface area (Å²) in [6.45, 7) is 0. The number of nitrogens with two attached hydrogens (primary N) is 2. The SMILES string of the molecule is Nc1c(-c2cccc3c2-c2ccccc2C32c3ccccc3-c3ccccc32)sc(-c2cccc3c2-c2ccccc2C32c3ccccc3-c3ccccc32)c1N. The molecule has 4 aliphatic rings. The van der Waals surface area contributed by atoms with Crippen molar-refractivity contribution in [3.05, 3.63) is 226 Å². The molecule has 2 spiro atoms. The highest BCUT2D eigenvalue weighted by molar-refractivity contribution is 7.20. The normalized spacial score (nSPS) is 14.7. The van der Waals surface area contributed by atoms with E-state index in [0.29, 0.717) is 11.4 Å². The van der Waals surface area contributed by atoms with Crippen molar-refractivity contribution >= 4 is 22.7 Å². The number of fused-ring (bicyclic) bond motifs is 20. The molecule has 2 nitrogen and oxygen atoms in total. The van der Waals surface area contributed by atoms with Crippen molar-refractivity contribution in [3.63, 3.8) is 0 Å². The lowest BCUT2D eigenvalue weighted by atomic mass is 9.70. The molecule has 4 aliphatic carbocycles. The van der Waals surface area contributed by atoms with Crippen LogP contribution in [0.5, 0.6) is 0 Å². The maximum Gasteiger partial charge on any atom is 0.0744 e. The van der Waals surface area contributed by atoms with Gasteiger partial charge in [-0.25, -0.2) is 0 Å². The van der Waals surface area contributed by atoms with Crippen LogP contribution in [-0.2, 0) is 10.8 Å². The van der Waals surface area contributed by atoms with E-state index in [1.54, 1.807) is 11.3 Å². The molecule has 0 bridgehead atoms. The number of hydrogen-bond acceptors (Lipinski definition) is 3. The van der Waals surface area contributed by atoms with E-state index in [0.717, 1.165) is 20.9 Å². The molecule has 0 saturated heterocycles. The summed E-state index contributed by atoms with van der Waals surface area (Å²) >= 11 is 1.73. The summed E-state index contributed by atoms with van der Waals surface area (Å²) in [5, 5.41) is 0. The Morgan fingerprint density at radius 1 is 0.263 bits per heavy atom. The molecule has 8 aromatic carbocycles. The smallest absolute Gasteiger partial charge is 0.0744 e. The second-order valence-corrected chi connectivity index (χ2v) is 16.8. The number of nitrogen functional groups attached to an aromatic ring is 2. The maximum absolute atomic E-state index is 7.25. The van der Waals surface area contributed by atoms with Crippen molar-refractivity contribution in [2.45, 2.75) is 10.8 Å². The highest BCUT2D eigenvalue weighted by Crippen LogP contribution is 2.67.